The molecule has 0 aromatic heterocycles. The van der Waals surface area contributed by atoms with Gasteiger partial charge < -0.3 is 14.6 Å². The first-order chi connectivity index (χ1) is 9.83. The van der Waals surface area contributed by atoms with Gasteiger partial charge in [-0.25, -0.2) is 0 Å². The van der Waals surface area contributed by atoms with E-state index in [0.717, 1.165) is 0 Å². The SMILES string of the molecule is CCCCCCCCCCCCCCC.O[B]O[B]O. The van der Waals surface area contributed by atoms with Crippen molar-refractivity contribution in [3.8, 4) is 0 Å². The maximum absolute atomic E-state index is 7.53. The van der Waals surface area contributed by atoms with Crippen molar-refractivity contribution >= 4 is 15.4 Å². The van der Waals surface area contributed by atoms with Crippen molar-refractivity contribution in [1.82, 2.24) is 0 Å². The predicted octanol–water partition coefficient (Wildman–Crippen LogP) is 4.15. The summed E-state index contributed by atoms with van der Waals surface area (Å²) < 4.78 is 3.69. The molecule has 0 aromatic rings. The first kappa shape index (κ1) is 22.3. The molecule has 2 radical (unpaired) electrons. The third-order valence-electron chi connectivity index (χ3n) is 3.33. The second-order valence-electron chi connectivity index (χ2n) is 5.24. The maximum atomic E-state index is 7.53. The smallest absolute Gasteiger partial charge is 0.456 e. The Bertz CT molecular complexity index is 135. The summed E-state index contributed by atoms with van der Waals surface area (Å²) in [5.41, 5.74) is 0. The van der Waals surface area contributed by atoms with Crippen molar-refractivity contribution in [2.24, 2.45) is 0 Å². The van der Waals surface area contributed by atoms with E-state index >= 15 is 0 Å². The van der Waals surface area contributed by atoms with Gasteiger partial charge in [0.05, 0.1) is 0 Å². The van der Waals surface area contributed by atoms with Gasteiger partial charge in [0, 0.05) is 0 Å². The summed E-state index contributed by atoms with van der Waals surface area (Å²) in [5, 5.41) is 15.1. The average Bonchev–Trinajstić information content (AvgIpc) is 2.46. The highest BCUT2D eigenvalue weighted by Crippen LogP contribution is 2.12. The van der Waals surface area contributed by atoms with E-state index in [1.807, 2.05) is 0 Å². The van der Waals surface area contributed by atoms with Crippen LogP contribution in [0.4, 0.5) is 0 Å². The summed E-state index contributed by atoms with van der Waals surface area (Å²) in [7, 11) is 0.750. The maximum Gasteiger partial charge on any atom is 0.469 e. The monoisotopic (exact) mass is 284 g/mol. The van der Waals surface area contributed by atoms with Gasteiger partial charge in [-0.1, -0.05) is 97.3 Å². The Labute approximate surface area is 128 Å². The molecule has 0 aromatic carbocycles. The van der Waals surface area contributed by atoms with Gasteiger partial charge >= 0.3 is 15.4 Å². The molecule has 0 aliphatic carbocycles. The van der Waals surface area contributed by atoms with Gasteiger partial charge in [0.15, 0.2) is 0 Å². The molecule has 0 heterocycles. The van der Waals surface area contributed by atoms with Crippen LogP contribution in [0.2, 0.25) is 0 Å². The van der Waals surface area contributed by atoms with Gasteiger partial charge in [0.1, 0.15) is 0 Å². The van der Waals surface area contributed by atoms with E-state index < -0.39 is 0 Å². The molecule has 2 N–H and O–H groups in total. The van der Waals surface area contributed by atoms with Gasteiger partial charge in [0.2, 0.25) is 0 Å². The van der Waals surface area contributed by atoms with Crippen LogP contribution in [0.15, 0.2) is 0 Å². The van der Waals surface area contributed by atoms with Crippen LogP contribution < -0.4 is 0 Å². The van der Waals surface area contributed by atoms with Crippen LogP contribution in [0, 0.1) is 0 Å². The van der Waals surface area contributed by atoms with Crippen LogP contribution in [-0.2, 0) is 4.57 Å². The molecule has 0 unspecified atom stereocenters. The lowest BCUT2D eigenvalue weighted by Gasteiger charge is -2.01. The van der Waals surface area contributed by atoms with Gasteiger partial charge in [-0.3, -0.25) is 0 Å². The summed E-state index contributed by atoms with van der Waals surface area (Å²) in [4.78, 5) is 0. The Morgan fingerprint density at radius 1 is 0.550 bits per heavy atom. The molecule has 3 nitrogen and oxygen atoms in total. The molecule has 0 bridgehead atoms. The fourth-order valence-electron chi connectivity index (χ4n) is 2.12. The highest BCUT2D eigenvalue weighted by molar-refractivity contribution is 6.32. The number of rotatable bonds is 14. The van der Waals surface area contributed by atoms with Gasteiger partial charge in [0.25, 0.3) is 0 Å². The summed E-state index contributed by atoms with van der Waals surface area (Å²) in [6.45, 7) is 4.58. The molecule has 0 aliphatic heterocycles. The van der Waals surface area contributed by atoms with Crippen LogP contribution in [0.1, 0.15) is 97.3 Å². The van der Waals surface area contributed by atoms with E-state index in [0.29, 0.717) is 15.4 Å². The third-order valence-corrected chi connectivity index (χ3v) is 3.33. The highest BCUT2D eigenvalue weighted by Gasteiger charge is 1.92. The predicted molar refractivity (Wildman–Crippen MR) is 88.4 cm³/mol. The van der Waals surface area contributed by atoms with Gasteiger partial charge in [-0.2, -0.15) is 0 Å². The molecule has 20 heavy (non-hydrogen) atoms. The minimum Gasteiger partial charge on any atom is -0.456 e. The average molecular weight is 284 g/mol. The van der Waals surface area contributed by atoms with Crippen molar-refractivity contribution in [2.75, 3.05) is 0 Å². The third kappa shape index (κ3) is 26.5. The van der Waals surface area contributed by atoms with Crippen molar-refractivity contribution in [2.45, 2.75) is 97.3 Å². The topological polar surface area (TPSA) is 49.7 Å². The minimum absolute atomic E-state index is 0.375. The van der Waals surface area contributed by atoms with Gasteiger partial charge in [-0.05, 0) is 0 Å². The molecule has 0 saturated carbocycles. The standard InChI is InChI=1S/C15H32.B2H2O3/c1-3-5-7-9-11-13-15-14-12-10-8-6-4-2;3-1-5-2-4/h3-15H2,1-2H3;3-4H. The van der Waals surface area contributed by atoms with Crippen molar-refractivity contribution in [1.29, 1.82) is 0 Å². The molecule has 0 rings (SSSR count). The Morgan fingerprint density at radius 3 is 0.950 bits per heavy atom. The summed E-state index contributed by atoms with van der Waals surface area (Å²) in [5.74, 6) is 0. The Hall–Kier alpha value is 0.00987. The first-order valence-corrected chi connectivity index (χ1v) is 8.40. The van der Waals surface area contributed by atoms with Crippen molar-refractivity contribution in [3.05, 3.63) is 0 Å². The molecular formula is C15H34B2O3. The largest absolute Gasteiger partial charge is 0.469 e. The summed E-state index contributed by atoms with van der Waals surface area (Å²) >= 11 is 0. The van der Waals surface area contributed by atoms with Crippen LogP contribution in [0.3, 0.4) is 0 Å². The van der Waals surface area contributed by atoms with E-state index in [-0.39, 0.29) is 0 Å². The summed E-state index contributed by atoms with van der Waals surface area (Å²) in [6, 6.07) is 0. The lowest BCUT2D eigenvalue weighted by molar-refractivity contribution is 0.408. The second kappa shape index (κ2) is 24.1. The molecule has 0 saturated heterocycles. The zero-order valence-electron chi connectivity index (χ0n) is 13.6. The first-order valence-electron chi connectivity index (χ1n) is 8.40. The molecule has 0 fully saturated rings. The fraction of sp³-hybridized carbons (Fsp3) is 1.00. The van der Waals surface area contributed by atoms with E-state index in [9.17, 15) is 0 Å². The zero-order chi connectivity index (χ0) is 15.3. The van der Waals surface area contributed by atoms with E-state index in [4.69, 9.17) is 10.0 Å². The Balaban J connectivity index is 0. The number of unbranched alkanes of at least 4 members (excludes halogenated alkanes) is 12. The molecule has 0 aliphatic rings. The molecule has 0 spiro atoms. The molecular weight excluding hydrogens is 250 g/mol. The van der Waals surface area contributed by atoms with Gasteiger partial charge in [-0.15, -0.1) is 0 Å². The van der Waals surface area contributed by atoms with E-state index in [1.54, 1.807) is 0 Å². The number of hydrogen-bond acceptors (Lipinski definition) is 3. The molecule has 0 atom stereocenters. The Morgan fingerprint density at radius 2 is 0.800 bits per heavy atom. The van der Waals surface area contributed by atoms with Crippen molar-refractivity contribution in [3.63, 3.8) is 0 Å². The quantitative estimate of drug-likeness (QED) is 0.372. The van der Waals surface area contributed by atoms with Crippen LogP contribution in [-0.4, -0.2) is 25.4 Å². The highest BCUT2D eigenvalue weighted by atomic mass is 16.5. The second-order valence-corrected chi connectivity index (χ2v) is 5.24. The Kier molecular flexibility index (Phi) is 26.8. The van der Waals surface area contributed by atoms with E-state index in [2.05, 4.69) is 18.4 Å². The fourth-order valence-corrected chi connectivity index (χ4v) is 2.12. The molecule has 5 heteroatoms. The van der Waals surface area contributed by atoms with Crippen LogP contribution in [0.25, 0.3) is 0 Å². The molecule has 0 amide bonds. The molecule has 118 valence electrons. The normalized spacial score (nSPS) is 9.80. The summed E-state index contributed by atoms with van der Waals surface area (Å²) in [6.07, 6.45) is 18.9. The minimum atomic E-state index is 0.375. The lowest BCUT2D eigenvalue weighted by Crippen LogP contribution is -2.00. The van der Waals surface area contributed by atoms with Crippen molar-refractivity contribution < 1.29 is 14.6 Å². The zero-order valence-corrected chi connectivity index (χ0v) is 13.6. The lowest BCUT2D eigenvalue weighted by atomic mass is 10.1. The van der Waals surface area contributed by atoms with Crippen LogP contribution in [0.5, 0.6) is 0 Å². The number of hydrogen-bond donors (Lipinski definition) is 2. The van der Waals surface area contributed by atoms with Crippen LogP contribution >= 0.6 is 0 Å². The van der Waals surface area contributed by atoms with E-state index in [1.165, 1.54) is 83.5 Å².